The topological polar surface area (TPSA) is 67.9 Å². The van der Waals surface area contributed by atoms with E-state index in [9.17, 15) is 22.8 Å². The van der Waals surface area contributed by atoms with E-state index >= 15 is 0 Å². The molecule has 0 aliphatic carbocycles. The van der Waals surface area contributed by atoms with Crippen LogP contribution >= 0.6 is 0 Å². The Labute approximate surface area is 131 Å². The van der Waals surface area contributed by atoms with E-state index in [-0.39, 0.29) is 6.61 Å². The van der Waals surface area contributed by atoms with Crippen LogP contribution in [0.1, 0.15) is 26.3 Å². The van der Waals surface area contributed by atoms with E-state index in [0.717, 1.165) is 0 Å². The fraction of sp³-hybridized carbons (Fsp3) is 0.429. The summed E-state index contributed by atoms with van der Waals surface area (Å²) >= 11 is 0. The summed E-state index contributed by atoms with van der Waals surface area (Å²) in [5.74, 6) is 0. The van der Waals surface area contributed by atoms with Gasteiger partial charge in [0.15, 0.2) is 0 Å². The first kappa shape index (κ1) is 18.6. The molecule has 1 rings (SSSR count). The van der Waals surface area contributed by atoms with Crippen molar-refractivity contribution in [2.24, 2.45) is 0 Å². The Morgan fingerprint density at radius 1 is 1.13 bits per heavy atom. The van der Waals surface area contributed by atoms with Crippen molar-refractivity contribution in [3.63, 3.8) is 0 Å². The summed E-state index contributed by atoms with van der Waals surface area (Å²) in [6, 6.07) is 8.35. The quantitative estimate of drug-likeness (QED) is 0.663. The van der Waals surface area contributed by atoms with Crippen molar-refractivity contribution in [2.45, 2.75) is 39.3 Å². The van der Waals surface area contributed by atoms with Gasteiger partial charge in [-0.05, 0) is 26.3 Å². The number of hydrogen-bond acceptors (Lipinski definition) is 4. The molecule has 128 valence electrons. The van der Waals surface area contributed by atoms with Crippen molar-refractivity contribution < 1.29 is 32.2 Å². The van der Waals surface area contributed by atoms with Crippen molar-refractivity contribution in [2.75, 3.05) is 0 Å². The Kier molecular flexibility index (Phi) is 5.83. The van der Waals surface area contributed by atoms with Crippen molar-refractivity contribution in [1.29, 1.82) is 0 Å². The van der Waals surface area contributed by atoms with E-state index in [1.807, 2.05) is 0 Å². The highest BCUT2D eigenvalue weighted by atomic mass is 19.4. The first-order valence-corrected chi connectivity index (χ1v) is 6.56. The van der Waals surface area contributed by atoms with Crippen LogP contribution in [0.4, 0.5) is 22.8 Å². The molecular weight excluding hydrogens is 317 g/mol. The second-order valence-electron chi connectivity index (χ2n) is 5.46. The lowest BCUT2D eigenvalue weighted by Crippen LogP contribution is -2.55. The Morgan fingerprint density at radius 2 is 1.70 bits per heavy atom. The number of carbonyl (C=O) groups excluding carboxylic acids is 2. The van der Waals surface area contributed by atoms with Crippen molar-refractivity contribution >= 4 is 12.2 Å². The number of hydrogen-bond donors (Lipinski definition) is 1. The van der Waals surface area contributed by atoms with Crippen LogP contribution in [0.3, 0.4) is 0 Å². The fourth-order valence-corrected chi connectivity index (χ4v) is 1.37. The van der Waals surface area contributed by atoms with E-state index in [0.29, 0.717) is 5.56 Å². The number of halogens is 3. The fourth-order valence-electron chi connectivity index (χ4n) is 1.37. The molecule has 1 aromatic carbocycles. The molecule has 1 N–H and O–H groups in total. The third-order valence-corrected chi connectivity index (χ3v) is 2.25. The highest BCUT2D eigenvalue weighted by molar-refractivity contribution is 5.74. The largest absolute Gasteiger partial charge is 0.508 e. The zero-order valence-electron chi connectivity index (χ0n) is 12.8. The maximum atomic E-state index is 12.8. The van der Waals surface area contributed by atoms with E-state index in [4.69, 9.17) is 0 Å². The maximum absolute atomic E-state index is 12.8. The number of carbonyl (C=O) groups is 2. The van der Waals surface area contributed by atoms with Gasteiger partial charge >= 0.3 is 18.5 Å². The molecule has 0 atom stereocenters. The molecule has 0 aromatic heterocycles. The Balaban J connectivity index is 2.66. The Bertz CT molecular complexity index is 541. The van der Waals surface area contributed by atoms with Gasteiger partial charge in [-0.3, -0.25) is 0 Å². The molecule has 9 heteroatoms. The minimum Gasteiger partial charge on any atom is -0.443 e. The van der Waals surface area contributed by atoms with Gasteiger partial charge in [-0.2, -0.15) is 0 Å². The Morgan fingerprint density at radius 3 is 2.17 bits per heavy atom. The summed E-state index contributed by atoms with van der Waals surface area (Å²) < 4.78 is 47.7. The molecule has 0 saturated carbocycles. The number of nitrogens with one attached hydrogen (secondary N) is 1. The van der Waals surface area contributed by atoms with E-state index in [1.165, 1.54) is 26.2 Å². The first-order chi connectivity index (χ1) is 10.5. The molecule has 6 nitrogen and oxygen atoms in total. The van der Waals surface area contributed by atoms with Crippen LogP contribution in [-0.4, -0.2) is 29.1 Å². The lowest BCUT2D eigenvalue weighted by atomic mass is 10.2. The molecule has 0 aliphatic rings. The number of alkyl halides is 3. The van der Waals surface area contributed by atoms with Crippen molar-refractivity contribution in [3.8, 4) is 0 Å². The summed E-state index contributed by atoms with van der Waals surface area (Å²) in [5.41, 5.74) is 0.748. The van der Waals surface area contributed by atoms with Gasteiger partial charge in [0.25, 0.3) is 0 Å². The molecule has 1 aromatic rings. The number of nitrogens with zero attached hydrogens (tertiary/aromatic N) is 1. The highest BCUT2D eigenvalue weighted by Gasteiger charge is 2.45. The molecule has 0 unspecified atom stereocenters. The number of hydrazine groups is 1. The van der Waals surface area contributed by atoms with Gasteiger partial charge in [-0.1, -0.05) is 30.3 Å². The molecule has 0 spiro atoms. The molecule has 0 radical (unpaired) electrons. The number of amides is 2. The molecule has 0 heterocycles. The SMILES string of the molecule is CC(C)(C)OC(=O)N(NC(=O)OCc1ccccc1)C(F)(F)F. The van der Waals surface area contributed by atoms with Gasteiger partial charge in [0, 0.05) is 0 Å². The third-order valence-electron chi connectivity index (χ3n) is 2.25. The average molecular weight is 334 g/mol. The first-order valence-electron chi connectivity index (χ1n) is 6.56. The van der Waals surface area contributed by atoms with Gasteiger partial charge in [0.05, 0.1) is 0 Å². The summed E-state index contributed by atoms with van der Waals surface area (Å²) in [7, 11) is 0. The van der Waals surface area contributed by atoms with Crippen LogP contribution in [0.2, 0.25) is 0 Å². The standard InChI is InChI=1S/C14H17F3N2O4/c1-13(2,3)23-12(21)19(14(15,16)17)18-11(20)22-9-10-7-5-4-6-8-10/h4-8H,9H2,1-3H3,(H,18,20). The summed E-state index contributed by atoms with van der Waals surface area (Å²) in [4.78, 5) is 23.0. The highest BCUT2D eigenvalue weighted by Crippen LogP contribution is 2.22. The van der Waals surface area contributed by atoms with Gasteiger partial charge in [-0.25, -0.2) is 15.0 Å². The maximum Gasteiger partial charge on any atom is 0.508 e. The predicted molar refractivity (Wildman–Crippen MR) is 73.9 cm³/mol. The molecular formula is C14H17F3N2O4. The summed E-state index contributed by atoms with van der Waals surface area (Å²) in [6.07, 6.45) is -8.35. The van der Waals surface area contributed by atoms with Gasteiger partial charge < -0.3 is 9.47 Å². The average Bonchev–Trinajstić information content (AvgIpc) is 2.40. The number of benzene rings is 1. The van der Waals surface area contributed by atoms with Crippen LogP contribution < -0.4 is 5.43 Å². The molecule has 0 bridgehead atoms. The third kappa shape index (κ3) is 6.90. The zero-order valence-corrected chi connectivity index (χ0v) is 12.8. The van der Waals surface area contributed by atoms with Crippen LogP contribution in [0.25, 0.3) is 0 Å². The van der Waals surface area contributed by atoms with Gasteiger partial charge in [-0.15, -0.1) is 18.2 Å². The molecule has 2 amide bonds. The minimum atomic E-state index is -5.16. The van der Waals surface area contributed by atoms with Gasteiger partial charge in [0.1, 0.15) is 12.2 Å². The lowest BCUT2D eigenvalue weighted by molar-refractivity contribution is -0.246. The van der Waals surface area contributed by atoms with E-state index < -0.39 is 29.1 Å². The second-order valence-corrected chi connectivity index (χ2v) is 5.46. The molecule has 0 saturated heterocycles. The monoisotopic (exact) mass is 334 g/mol. The minimum absolute atomic E-state index is 0.243. The summed E-state index contributed by atoms with van der Waals surface area (Å²) in [5, 5.41) is -0.869. The van der Waals surface area contributed by atoms with Crippen LogP contribution in [0.5, 0.6) is 0 Å². The van der Waals surface area contributed by atoms with Gasteiger partial charge in [0.2, 0.25) is 0 Å². The molecule has 23 heavy (non-hydrogen) atoms. The van der Waals surface area contributed by atoms with Crippen LogP contribution in [0, 0.1) is 0 Å². The number of rotatable bonds is 2. The van der Waals surface area contributed by atoms with Crippen molar-refractivity contribution in [3.05, 3.63) is 35.9 Å². The Hall–Kier alpha value is -2.45. The summed E-state index contributed by atoms with van der Waals surface area (Å²) in [6.45, 7) is 3.94. The normalized spacial score (nSPS) is 11.6. The van der Waals surface area contributed by atoms with E-state index in [2.05, 4.69) is 9.47 Å². The molecule has 0 aliphatic heterocycles. The lowest BCUT2D eigenvalue weighted by Gasteiger charge is -2.28. The van der Waals surface area contributed by atoms with Crippen LogP contribution in [-0.2, 0) is 16.1 Å². The zero-order chi connectivity index (χ0) is 17.7. The molecule has 0 fully saturated rings. The van der Waals surface area contributed by atoms with Crippen molar-refractivity contribution in [1.82, 2.24) is 10.4 Å². The second kappa shape index (κ2) is 7.21. The smallest absolute Gasteiger partial charge is 0.443 e. The predicted octanol–water partition coefficient (Wildman–Crippen LogP) is 3.58. The van der Waals surface area contributed by atoms with Crippen LogP contribution in [0.15, 0.2) is 30.3 Å². The number of ether oxygens (including phenoxy) is 2. The van der Waals surface area contributed by atoms with E-state index in [1.54, 1.807) is 30.3 Å².